The highest BCUT2D eigenvalue weighted by Crippen LogP contribution is 2.40. The second-order valence-corrected chi connectivity index (χ2v) is 14.5. The molecule has 0 aliphatic carbocycles. The summed E-state index contributed by atoms with van der Waals surface area (Å²) in [6.45, 7) is 0. The van der Waals surface area contributed by atoms with Gasteiger partial charge in [0.1, 0.15) is 0 Å². The van der Waals surface area contributed by atoms with Gasteiger partial charge in [0.25, 0.3) is 0 Å². The van der Waals surface area contributed by atoms with Crippen LogP contribution in [0.25, 0.3) is 77.2 Å². The molecule has 3 heterocycles. The van der Waals surface area contributed by atoms with Crippen LogP contribution in [0.1, 0.15) is 0 Å². The Labute approximate surface area is 330 Å². The molecule has 0 bridgehead atoms. The third kappa shape index (κ3) is 5.58. The maximum absolute atomic E-state index is 4.53. The van der Waals surface area contributed by atoms with Crippen molar-refractivity contribution in [3.8, 4) is 33.6 Å². The zero-order valence-electron chi connectivity index (χ0n) is 31.1. The lowest BCUT2D eigenvalue weighted by atomic mass is 10.0. The number of fused-ring (bicyclic) bond motifs is 6. The van der Waals surface area contributed by atoms with E-state index in [2.05, 4.69) is 225 Å². The highest BCUT2D eigenvalue weighted by Gasteiger charge is 2.18. The Hall–Kier alpha value is -7.69. The highest BCUT2D eigenvalue weighted by atomic mass is 15.1. The first-order valence-electron chi connectivity index (χ1n) is 19.4. The van der Waals surface area contributed by atoms with Gasteiger partial charge in [-0.1, -0.05) is 115 Å². The average Bonchev–Trinajstić information content (AvgIpc) is 3.80. The van der Waals surface area contributed by atoms with Crippen molar-refractivity contribution < 1.29 is 0 Å². The number of aromatic nitrogens is 3. The summed E-state index contributed by atoms with van der Waals surface area (Å²) in [5.74, 6) is 0. The molecule has 57 heavy (non-hydrogen) atoms. The predicted octanol–water partition coefficient (Wildman–Crippen LogP) is 14.1. The Bertz CT molecular complexity index is 3200. The molecule has 0 atom stereocenters. The molecule has 0 aliphatic rings. The van der Waals surface area contributed by atoms with Crippen LogP contribution in [0.2, 0.25) is 0 Å². The summed E-state index contributed by atoms with van der Waals surface area (Å²) in [6.07, 6.45) is 3.87. The number of hydrogen-bond acceptors (Lipinski definition) is 2. The summed E-state index contributed by atoms with van der Waals surface area (Å²) in [7, 11) is 0. The molecule has 0 fully saturated rings. The molecule has 3 aromatic heterocycles. The van der Waals surface area contributed by atoms with Crippen LogP contribution < -0.4 is 4.90 Å². The van der Waals surface area contributed by atoms with Crippen LogP contribution in [0.4, 0.5) is 17.1 Å². The summed E-state index contributed by atoms with van der Waals surface area (Å²) in [6, 6.07) is 74.1. The first kappa shape index (κ1) is 32.7. The van der Waals surface area contributed by atoms with Gasteiger partial charge in [-0.15, -0.1) is 0 Å². The van der Waals surface area contributed by atoms with Crippen molar-refractivity contribution in [3.63, 3.8) is 0 Å². The predicted molar refractivity (Wildman–Crippen MR) is 238 cm³/mol. The van der Waals surface area contributed by atoms with Crippen molar-refractivity contribution in [2.45, 2.75) is 0 Å². The molecule has 11 aromatic rings. The van der Waals surface area contributed by atoms with Gasteiger partial charge >= 0.3 is 0 Å². The van der Waals surface area contributed by atoms with Crippen LogP contribution in [0.5, 0.6) is 0 Å². The summed E-state index contributed by atoms with van der Waals surface area (Å²) in [5.41, 5.74) is 15.0. The molecule has 8 aromatic carbocycles. The van der Waals surface area contributed by atoms with Crippen LogP contribution in [0, 0.1) is 0 Å². The largest absolute Gasteiger partial charge is 0.311 e. The number of pyridine rings is 1. The molecule has 4 heteroatoms. The molecular formula is C53H36N4. The zero-order valence-corrected chi connectivity index (χ0v) is 31.1. The molecule has 0 N–H and O–H groups in total. The van der Waals surface area contributed by atoms with Crippen molar-refractivity contribution in [2.75, 3.05) is 4.90 Å². The van der Waals surface area contributed by atoms with Gasteiger partial charge in [0.15, 0.2) is 0 Å². The first-order chi connectivity index (χ1) is 28.3. The van der Waals surface area contributed by atoms with Crippen LogP contribution in [-0.4, -0.2) is 14.1 Å². The quantitative estimate of drug-likeness (QED) is 0.163. The average molecular weight is 729 g/mol. The Morgan fingerprint density at radius 3 is 1.60 bits per heavy atom. The van der Waals surface area contributed by atoms with E-state index in [9.17, 15) is 0 Å². The number of benzene rings is 8. The van der Waals surface area contributed by atoms with Gasteiger partial charge in [0, 0.05) is 62.4 Å². The molecule has 11 rings (SSSR count). The molecule has 268 valence electrons. The van der Waals surface area contributed by atoms with Gasteiger partial charge in [-0.3, -0.25) is 4.98 Å². The van der Waals surface area contributed by atoms with Crippen LogP contribution >= 0.6 is 0 Å². The normalized spacial score (nSPS) is 11.5. The second kappa shape index (κ2) is 13.6. The Kier molecular flexibility index (Phi) is 7.78. The third-order valence-electron chi connectivity index (χ3n) is 11.2. The summed E-state index contributed by atoms with van der Waals surface area (Å²) >= 11 is 0. The second-order valence-electron chi connectivity index (χ2n) is 14.5. The third-order valence-corrected chi connectivity index (χ3v) is 11.2. The minimum atomic E-state index is 1.09. The van der Waals surface area contributed by atoms with Gasteiger partial charge < -0.3 is 14.0 Å². The van der Waals surface area contributed by atoms with Crippen LogP contribution in [0.15, 0.2) is 219 Å². The molecule has 0 saturated heterocycles. The maximum atomic E-state index is 4.53. The fourth-order valence-electron chi connectivity index (χ4n) is 8.54. The van der Waals surface area contributed by atoms with E-state index in [1.165, 1.54) is 55.0 Å². The summed E-state index contributed by atoms with van der Waals surface area (Å²) < 4.78 is 4.74. The molecule has 0 radical (unpaired) electrons. The maximum Gasteiger partial charge on any atom is 0.0571 e. The molecular weight excluding hydrogens is 693 g/mol. The van der Waals surface area contributed by atoms with Crippen LogP contribution in [0.3, 0.4) is 0 Å². The fraction of sp³-hybridized carbons (Fsp3) is 0. The van der Waals surface area contributed by atoms with E-state index >= 15 is 0 Å². The van der Waals surface area contributed by atoms with E-state index in [0.717, 1.165) is 39.3 Å². The van der Waals surface area contributed by atoms with Crippen molar-refractivity contribution in [3.05, 3.63) is 219 Å². The topological polar surface area (TPSA) is 26.0 Å². The lowest BCUT2D eigenvalue weighted by Crippen LogP contribution is -2.10. The Balaban J connectivity index is 1.02. The number of hydrogen-bond donors (Lipinski definition) is 0. The molecule has 0 unspecified atom stereocenters. The molecule has 0 spiro atoms. The number of rotatable bonds is 7. The van der Waals surface area contributed by atoms with E-state index in [0.29, 0.717) is 0 Å². The molecule has 0 amide bonds. The van der Waals surface area contributed by atoms with Gasteiger partial charge in [0.2, 0.25) is 0 Å². The van der Waals surface area contributed by atoms with Crippen molar-refractivity contribution in [1.82, 2.24) is 14.1 Å². The van der Waals surface area contributed by atoms with Gasteiger partial charge in [-0.25, -0.2) is 0 Å². The standard InChI is InChI=1S/C53H36N4/c1-4-12-37(13-5-1)38-20-24-43(25-21-38)55(41-14-6-2-7-15-41)44-26-28-45(29-27-44)57-50-19-11-10-18-46(50)47-30-22-40(35-53(47)57)39-23-31-51-48(34-39)49-36-54-33-32-52(49)56(51)42-16-8-3-9-17-42/h1-36H. The van der Waals surface area contributed by atoms with Crippen molar-refractivity contribution >= 4 is 60.7 Å². The molecule has 4 nitrogen and oxygen atoms in total. The number of para-hydroxylation sites is 3. The molecule has 0 aliphatic heterocycles. The monoisotopic (exact) mass is 728 g/mol. The number of nitrogens with zero attached hydrogens (tertiary/aromatic N) is 4. The lowest BCUT2D eigenvalue weighted by molar-refractivity contribution is 1.17. The minimum Gasteiger partial charge on any atom is -0.311 e. The Morgan fingerprint density at radius 1 is 0.316 bits per heavy atom. The van der Waals surface area contributed by atoms with E-state index < -0.39 is 0 Å². The van der Waals surface area contributed by atoms with Crippen molar-refractivity contribution in [1.29, 1.82) is 0 Å². The van der Waals surface area contributed by atoms with Gasteiger partial charge in [0.05, 0.1) is 22.1 Å². The lowest BCUT2D eigenvalue weighted by Gasteiger charge is -2.26. The van der Waals surface area contributed by atoms with Crippen LogP contribution in [-0.2, 0) is 0 Å². The smallest absolute Gasteiger partial charge is 0.0571 e. The van der Waals surface area contributed by atoms with Gasteiger partial charge in [-0.05, 0) is 113 Å². The minimum absolute atomic E-state index is 1.09. The Morgan fingerprint density at radius 2 is 0.825 bits per heavy atom. The number of anilines is 3. The summed E-state index contributed by atoms with van der Waals surface area (Å²) in [4.78, 5) is 6.85. The van der Waals surface area contributed by atoms with Crippen molar-refractivity contribution in [2.24, 2.45) is 0 Å². The fourth-order valence-corrected chi connectivity index (χ4v) is 8.54. The van der Waals surface area contributed by atoms with Gasteiger partial charge in [-0.2, -0.15) is 0 Å². The van der Waals surface area contributed by atoms with E-state index in [1.54, 1.807) is 0 Å². The SMILES string of the molecule is c1ccc(-c2ccc(N(c3ccccc3)c3ccc(-n4c5ccccc5c5ccc(-c6ccc7c(c6)c6cnccc6n7-c6ccccc6)cc54)cc3)cc2)cc1. The van der Waals surface area contributed by atoms with E-state index in [4.69, 9.17) is 0 Å². The molecule has 0 saturated carbocycles. The van der Waals surface area contributed by atoms with E-state index in [1.807, 2.05) is 12.4 Å². The first-order valence-corrected chi connectivity index (χ1v) is 19.4. The zero-order chi connectivity index (χ0) is 37.7. The summed E-state index contributed by atoms with van der Waals surface area (Å²) in [5, 5.41) is 4.80. The van der Waals surface area contributed by atoms with E-state index in [-0.39, 0.29) is 0 Å². The highest BCUT2D eigenvalue weighted by molar-refractivity contribution is 6.12.